The first-order valence-corrected chi connectivity index (χ1v) is 11.6. The fraction of sp³-hybridized carbons (Fsp3) is 0.682. The molecule has 0 N–H and O–H groups in total. The van der Waals surface area contributed by atoms with Crippen LogP contribution in [0.5, 0.6) is 0 Å². The first-order chi connectivity index (χ1) is 11.8. The normalized spacial score (nSPS) is 36.9. The van der Waals surface area contributed by atoms with Gasteiger partial charge in [0.05, 0.1) is 0 Å². The predicted molar refractivity (Wildman–Crippen MR) is 102 cm³/mol. The van der Waals surface area contributed by atoms with Gasteiger partial charge < -0.3 is 0 Å². The monoisotopic (exact) mass is 341 g/mol. The van der Waals surface area contributed by atoms with Gasteiger partial charge in [-0.25, -0.2) is 0 Å². The van der Waals surface area contributed by atoms with Crippen molar-refractivity contribution in [3.8, 4) is 0 Å². The van der Waals surface area contributed by atoms with Gasteiger partial charge in [0.1, 0.15) is 10.5 Å². The van der Waals surface area contributed by atoms with Gasteiger partial charge in [0.2, 0.25) is 5.78 Å². The van der Waals surface area contributed by atoms with Crippen molar-refractivity contribution in [2.45, 2.75) is 80.0 Å². The van der Waals surface area contributed by atoms with Crippen LogP contribution < -0.4 is 0 Å². The third-order valence-corrected chi connectivity index (χ3v) is 10.8. The highest BCUT2D eigenvalue weighted by Gasteiger charge is 2.57. The molecular weight excluding hydrogens is 312 g/mol. The van der Waals surface area contributed by atoms with E-state index in [9.17, 15) is 4.79 Å². The summed E-state index contributed by atoms with van der Waals surface area (Å²) in [6.45, 7) is 0. The zero-order valence-electron chi connectivity index (χ0n) is 14.6. The molecular formula is C22H29OS+. The molecule has 2 bridgehead atoms. The van der Waals surface area contributed by atoms with Crippen molar-refractivity contribution in [3.05, 3.63) is 35.4 Å². The summed E-state index contributed by atoms with van der Waals surface area (Å²) in [5.74, 6) is 2.46. The van der Waals surface area contributed by atoms with Crippen LogP contribution in [0.3, 0.4) is 0 Å². The first-order valence-electron chi connectivity index (χ1n) is 10.1. The third kappa shape index (κ3) is 2.48. The van der Waals surface area contributed by atoms with E-state index in [1.807, 2.05) is 0 Å². The highest BCUT2D eigenvalue weighted by atomic mass is 32.2. The Bertz CT molecular complexity index is 633. The lowest BCUT2D eigenvalue weighted by molar-refractivity contribution is 0.0998. The third-order valence-electron chi connectivity index (χ3n) is 7.27. The van der Waals surface area contributed by atoms with Gasteiger partial charge in [-0.1, -0.05) is 30.7 Å². The molecule has 0 heterocycles. The number of fused-ring (bicyclic) bond motifs is 3. The Hall–Kier alpha value is -0.760. The van der Waals surface area contributed by atoms with Crippen molar-refractivity contribution in [2.24, 2.45) is 11.8 Å². The van der Waals surface area contributed by atoms with Crippen LogP contribution in [0.1, 0.15) is 73.7 Å². The molecule has 1 nitrogen and oxygen atoms in total. The number of hydrogen-bond acceptors (Lipinski definition) is 1. The number of hydrogen-bond donors (Lipinski definition) is 0. The standard InChI is InChI=1S/C22H29OS/c23-22-19-9-5-4-6-16(19)14-21(22)24(18-7-2-1-3-8-18)20-13-15-10-11-17(20)12-15/h4-6,9,15,17-18,20-21H,1-3,7-8,10-14H2/q+1. The number of carbonyl (C=O) groups excluding carboxylic acids is 1. The summed E-state index contributed by atoms with van der Waals surface area (Å²) in [4.78, 5) is 13.3. The highest BCUT2D eigenvalue weighted by molar-refractivity contribution is 7.99. The SMILES string of the molecule is O=C1c2ccccc2CC1[S+](C1CCCCC1)C1CC2CCC1C2. The molecule has 0 radical (unpaired) electrons. The molecule has 5 unspecified atom stereocenters. The van der Waals surface area contributed by atoms with Crippen LogP contribution in [-0.4, -0.2) is 21.5 Å². The Labute approximate surface area is 148 Å². The van der Waals surface area contributed by atoms with Crippen molar-refractivity contribution in [1.29, 1.82) is 0 Å². The molecule has 1 aromatic rings. The van der Waals surface area contributed by atoms with Crippen LogP contribution in [0.4, 0.5) is 0 Å². The molecule has 0 aromatic heterocycles. The van der Waals surface area contributed by atoms with Gasteiger partial charge in [-0.2, -0.15) is 0 Å². The van der Waals surface area contributed by atoms with Crippen molar-refractivity contribution < 1.29 is 4.79 Å². The van der Waals surface area contributed by atoms with Gasteiger partial charge in [-0.3, -0.25) is 4.79 Å². The quantitative estimate of drug-likeness (QED) is 0.712. The molecule has 4 aliphatic rings. The summed E-state index contributed by atoms with van der Waals surface area (Å²) in [5, 5.41) is 2.07. The fourth-order valence-electron chi connectivity index (χ4n) is 6.17. The highest BCUT2D eigenvalue weighted by Crippen LogP contribution is 2.51. The summed E-state index contributed by atoms with van der Waals surface area (Å²) in [6.07, 6.45) is 13.9. The molecule has 128 valence electrons. The van der Waals surface area contributed by atoms with Gasteiger partial charge >= 0.3 is 0 Å². The Morgan fingerprint density at radius 1 is 0.917 bits per heavy atom. The Balaban J connectivity index is 1.47. The van der Waals surface area contributed by atoms with E-state index in [0.717, 1.165) is 34.3 Å². The summed E-state index contributed by atoms with van der Waals surface area (Å²) in [5.41, 5.74) is 2.39. The maximum Gasteiger partial charge on any atom is 0.215 e. The van der Waals surface area contributed by atoms with Crippen molar-refractivity contribution in [3.63, 3.8) is 0 Å². The Morgan fingerprint density at radius 3 is 2.46 bits per heavy atom. The minimum Gasteiger partial charge on any atom is -0.288 e. The van der Waals surface area contributed by atoms with Crippen LogP contribution in [0.2, 0.25) is 0 Å². The summed E-state index contributed by atoms with van der Waals surface area (Å²) >= 11 is 0. The van der Waals surface area contributed by atoms with E-state index in [1.54, 1.807) is 0 Å². The maximum absolute atomic E-state index is 13.3. The molecule has 0 saturated heterocycles. The van der Waals surface area contributed by atoms with E-state index in [0.29, 0.717) is 21.9 Å². The molecule has 3 saturated carbocycles. The predicted octanol–water partition coefficient (Wildman–Crippen LogP) is 4.93. The van der Waals surface area contributed by atoms with Crippen LogP contribution in [0.15, 0.2) is 24.3 Å². The van der Waals surface area contributed by atoms with Crippen LogP contribution in [-0.2, 0) is 17.3 Å². The molecule has 0 amide bonds. The first kappa shape index (κ1) is 15.5. The minimum atomic E-state index is 0.329. The average Bonchev–Trinajstić information content (AvgIpc) is 3.32. The Kier molecular flexibility index (Phi) is 4.00. The molecule has 3 fully saturated rings. The lowest BCUT2D eigenvalue weighted by atomic mass is 10.00. The van der Waals surface area contributed by atoms with Gasteiger partial charge in [0.25, 0.3) is 0 Å². The van der Waals surface area contributed by atoms with Gasteiger partial charge in [-0.05, 0) is 62.8 Å². The van der Waals surface area contributed by atoms with Gasteiger partial charge in [-0.15, -0.1) is 0 Å². The number of Topliss-reactive ketones (excluding diaryl/α,β-unsaturated/α-hetero) is 1. The Morgan fingerprint density at radius 2 is 1.75 bits per heavy atom. The van der Waals surface area contributed by atoms with E-state index >= 15 is 0 Å². The van der Waals surface area contributed by atoms with E-state index in [1.165, 1.54) is 63.4 Å². The lowest BCUT2D eigenvalue weighted by Crippen LogP contribution is -2.46. The molecule has 24 heavy (non-hydrogen) atoms. The van der Waals surface area contributed by atoms with Crippen LogP contribution in [0.25, 0.3) is 0 Å². The molecule has 4 aliphatic carbocycles. The average molecular weight is 342 g/mol. The van der Waals surface area contributed by atoms with Crippen LogP contribution >= 0.6 is 0 Å². The number of rotatable bonds is 3. The zero-order valence-corrected chi connectivity index (χ0v) is 15.4. The second-order valence-electron chi connectivity index (χ2n) is 8.60. The van der Waals surface area contributed by atoms with E-state index in [4.69, 9.17) is 0 Å². The van der Waals surface area contributed by atoms with E-state index in [-0.39, 0.29) is 0 Å². The zero-order chi connectivity index (χ0) is 16.1. The smallest absolute Gasteiger partial charge is 0.215 e. The minimum absolute atomic E-state index is 0.329. The van der Waals surface area contributed by atoms with Gasteiger partial charge in [0, 0.05) is 28.8 Å². The summed E-state index contributed by atoms with van der Waals surface area (Å²) < 4.78 is 0. The molecule has 1 aromatic carbocycles. The van der Waals surface area contributed by atoms with Crippen molar-refractivity contribution in [1.82, 2.24) is 0 Å². The second kappa shape index (κ2) is 6.20. The molecule has 0 aliphatic heterocycles. The number of carbonyl (C=O) groups is 1. The maximum atomic E-state index is 13.3. The number of ketones is 1. The lowest BCUT2D eigenvalue weighted by Gasteiger charge is -2.33. The number of benzene rings is 1. The summed E-state index contributed by atoms with van der Waals surface area (Å²) in [7, 11) is 0.333. The molecule has 2 heteroatoms. The summed E-state index contributed by atoms with van der Waals surface area (Å²) in [6, 6.07) is 8.46. The van der Waals surface area contributed by atoms with Crippen molar-refractivity contribution in [2.75, 3.05) is 0 Å². The molecule has 5 rings (SSSR count). The van der Waals surface area contributed by atoms with Crippen molar-refractivity contribution >= 4 is 16.7 Å². The van der Waals surface area contributed by atoms with E-state index < -0.39 is 0 Å². The second-order valence-corrected chi connectivity index (χ2v) is 11.3. The van der Waals surface area contributed by atoms with E-state index in [2.05, 4.69) is 24.3 Å². The van der Waals surface area contributed by atoms with Gasteiger partial charge in [0.15, 0.2) is 5.25 Å². The van der Waals surface area contributed by atoms with Crippen LogP contribution in [0, 0.1) is 11.8 Å². The molecule has 5 atom stereocenters. The fourth-order valence-corrected chi connectivity index (χ4v) is 10.4. The topological polar surface area (TPSA) is 17.1 Å². The largest absolute Gasteiger partial charge is 0.288 e. The molecule has 0 spiro atoms.